The Bertz CT molecular complexity index is 838. The topological polar surface area (TPSA) is 59.2 Å². The lowest BCUT2D eigenvalue weighted by Gasteiger charge is -2.10. The maximum absolute atomic E-state index is 11.5. The van der Waals surface area contributed by atoms with Crippen molar-refractivity contribution < 1.29 is 9.53 Å². The fourth-order valence-electron chi connectivity index (χ4n) is 2.21. The van der Waals surface area contributed by atoms with Gasteiger partial charge >= 0.3 is 0 Å². The molecule has 0 aliphatic carbocycles. The normalized spacial score (nSPS) is 10.5. The summed E-state index contributed by atoms with van der Waals surface area (Å²) in [5.41, 5.74) is 1.87. The van der Waals surface area contributed by atoms with Gasteiger partial charge in [0.2, 0.25) is 5.56 Å². The molecule has 0 aliphatic heterocycles. The zero-order valence-corrected chi connectivity index (χ0v) is 11.2. The molecule has 0 bridgehead atoms. The SMILES string of the molecule is O=Cc1ccc(OCc2ccccc2)c2[nH]c(=O)ccc12. The average Bonchev–Trinajstić information content (AvgIpc) is 2.53. The third kappa shape index (κ3) is 2.69. The van der Waals surface area contributed by atoms with E-state index < -0.39 is 0 Å². The van der Waals surface area contributed by atoms with Gasteiger partial charge in [-0.15, -0.1) is 0 Å². The Hall–Kier alpha value is -2.88. The molecule has 1 heterocycles. The van der Waals surface area contributed by atoms with E-state index in [0.29, 0.717) is 28.8 Å². The number of H-pyrrole nitrogens is 1. The molecule has 3 aromatic rings. The van der Waals surface area contributed by atoms with Crippen molar-refractivity contribution >= 4 is 17.2 Å². The van der Waals surface area contributed by atoms with Gasteiger partial charge in [0, 0.05) is 17.0 Å². The number of fused-ring (bicyclic) bond motifs is 1. The largest absolute Gasteiger partial charge is 0.487 e. The Balaban J connectivity index is 2.00. The Labute approximate surface area is 121 Å². The minimum atomic E-state index is -0.227. The first-order chi connectivity index (χ1) is 10.3. The molecule has 4 nitrogen and oxygen atoms in total. The van der Waals surface area contributed by atoms with Gasteiger partial charge in [-0.25, -0.2) is 0 Å². The zero-order valence-electron chi connectivity index (χ0n) is 11.2. The van der Waals surface area contributed by atoms with E-state index in [0.717, 1.165) is 11.8 Å². The zero-order chi connectivity index (χ0) is 14.7. The van der Waals surface area contributed by atoms with E-state index in [4.69, 9.17) is 4.74 Å². The summed E-state index contributed by atoms with van der Waals surface area (Å²) in [7, 11) is 0. The number of hydrogen-bond acceptors (Lipinski definition) is 3. The van der Waals surface area contributed by atoms with Crippen molar-refractivity contribution in [2.24, 2.45) is 0 Å². The highest BCUT2D eigenvalue weighted by atomic mass is 16.5. The molecule has 4 heteroatoms. The van der Waals surface area contributed by atoms with Gasteiger partial charge in [-0.3, -0.25) is 9.59 Å². The predicted octanol–water partition coefficient (Wildman–Crippen LogP) is 2.92. The summed E-state index contributed by atoms with van der Waals surface area (Å²) in [5.74, 6) is 0.553. The molecular formula is C17H13NO3. The average molecular weight is 279 g/mol. The third-order valence-corrected chi connectivity index (χ3v) is 3.25. The molecule has 1 aromatic heterocycles. The number of aromatic amines is 1. The quantitative estimate of drug-likeness (QED) is 0.747. The van der Waals surface area contributed by atoms with E-state index in [-0.39, 0.29) is 5.56 Å². The van der Waals surface area contributed by atoms with Crippen LogP contribution >= 0.6 is 0 Å². The number of carbonyl (C=O) groups excluding carboxylic acids is 1. The second-order valence-corrected chi connectivity index (χ2v) is 4.66. The molecule has 3 rings (SSSR count). The number of carbonyl (C=O) groups is 1. The Morgan fingerprint density at radius 3 is 2.57 bits per heavy atom. The lowest BCUT2D eigenvalue weighted by Crippen LogP contribution is -2.05. The van der Waals surface area contributed by atoms with Crippen molar-refractivity contribution in [3.8, 4) is 5.75 Å². The van der Waals surface area contributed by atoms with Crippen molar-refractivity contribution in [1.82, 2.24) is 4.98 Å². The van der Waals surface area contributed by atoms with Crippen molar-refractivity contribution in [2.45, 2.75) is 6.61 Å². The van der Waals surface area contributed by atoms with Crippen LogP contribution in [-0.4, -0.2) is 11.3 Å². The van der Waals surface area contributed by atoms with Gasteiger partial charge in [0.15, 0.2) is 6.29 Å². The summed E-state index contributed by atoms with van der Waals surface area (Å²) in [6.07, 6.45) is 0.766. The first kappa shape index (κ1) is 13.1. The Kier molecular flexibility index (Phi) is 3.51. The van der Waals surface area contributed by atoms with Gasteiger partial charge in [0.1, 0.15) is 12.4 Å². The van der Waals surface area contributed by atoms with Gasteiger partial charge in [-0.05, 0) is 23.8 Å². The van der Waals surface area contributed by atoms with Crippen molar-refractivity contribution in [2.75, 3.05) is 0 Å². The van der Waals surface area contributed by atoms with Crippen LogP contribution in [0.2, 0.25) is 0 Å². The molecule has 0 saturated carbocycles. The smallest absolute Gasteiger partial charge is 0.248 e. The van der Waals surface area contributed by atoms with Gasteiger partial charge < -0.3 is 9.72 Å². The highest BCUT2D eigenvalue weighted by molar-refractivity contribution is 5.98. The van der Waals surface area contributed by atoms with E-state index >= 15 is 0 Å². The van der Waals surface area contributed by atoms with E-state index in [9.17, 15) is 9.59 Å². The van der Waals surface area contributed by atoms with Crippen LogP contribution in [0.4, 0.5) is 0 Å². The molecular weight excluding hydrogens is 266 g/mol. The van der Waals surface area contributed by atoms with E-state index in [2.05, 4.69) is 4.98 Å². The number of aromatic nitrogens is 1. The van der Waals surface area contributed by atoms with Gasteiger partial charge in [0.25, 0.3) is 0 Å². The number of benzene rings is 2. The van der Waals surface area contributed by atoms with Crippen molar-refractivity contribution in [3.63, 3.8) is 0 Å². The van der Waals surface area contributed by atoms with Crippen LogP contribution in [-0.2, 0) is 6.61 Å². The van der Waals surface area contributed by atoms with Crippen LogP contribution in [0.5, 0.6) is 5.75 Å². The number of nitrogens with one attached hydrogen (secondary N) is 1. The summed E-state index contributed by atoms with van der Waals surface area (Å²) in [6, 6.07) is 16.2. The molecule has 104 valence electrons. The molecule has 0 unspecified atom stereocenters. The molecule has 0 atom stereocenters. The third-order valence-electron chi connectivity index (χ3n) is 3.25. The molecule has 0 radical (unpaired) electrons. The van der Waals surface area contributed by atoms with Crippen LogP contribution in [0.25, 0.3) is 10.9 Å². The first-order valence-corrected chi connectivity index (χ1v) is 6.56. The highest BCUT2D eigenvalue weighted by Crippen LogP contribution is 2.25. The Morgan fingerprint density at radius 2 is 1.81 bits per heavy atom. The lowest BCUT2D eigenvalue weighted by atomic mass is 10.1. The standard InChI is InChI=1S/C17H13NO3/c19-10-13-6-8-15(17-14(13)7-9-16(20)18-17)21-11-12-4-2-1-3-5-12/h1-10H,11H2,(H,18,20). The second-order valence-electron chi connectivity index (χ2n) is 4.66. The van der Waals surface area contributed by atoms with Gasteiger partial charge in [-0.1, -0.05) is 30.3 Å². The number of rotatable bonds is 4. The highest BCUT2D eigenvalue weighted by Gasteiger charge is 2.08. The van der Waals surface area contributed by atoms with E-state index in [1.165, 1.54) is 6.07 Å². The second kappa shape index (κ2) is 5.63. The van der Waals surface area contributed by atoms with Crippen LogP contribution in [0.1, 0.15) is 15.9 Å². The fourth-order valence-corrected chi connectivity index (χ4v) is 2.21. The molecule has 21 heavy (non-hydrogen) atoms. The monoisotopic (exact) mass is 279 g/mol. The maximum atomic E-state index is 11.5. The molecule has 2 aromatic carbocycles. The molecule has 0 aliphatic rings. The minimum absolute atomic E-state index is 0.227. The molecule has 0 spiro atoms. The maximum Gasteiger partial charge on any atom is 0.248 e. The van der Waals surface area contributed by atoms with Crippen molar-refractivity contribution in [3.05, 3.63) is 76.1 Å². The van der Waals surface area contributed by atoms with E-state index in [1.54, 1.807) is 18.2 Å². The van der Waals surface area contributed by atoms with E-state index in [1.807, 2.05) is 30.3 Å². The summed E-state index contributed by atoms with van der Waals surface area (Å²) in [4.78, 5) is 25.3. The lowest BCUT2D eigenvalue weighted by molar-refractivity contribution is 0.112. The number of hydrogen-bond donors (Lipinski definition) is 1. The van der Waals surface area contributed by atoms with Gasteiger partial charge in [-0.2, -0.15) is 0 Å². The molecule has 0 amide bonds. The number of pyridine rings is 1. The summed E-state index contributed by atoms with van der Waals surface area (Å²) < 4.78 is 5.77. The fraction of sp³-hybridized carbons (Fsp3) is 0.0588. The summed E-state index contributed by atoms with van der Waals surface area (Å²) in [5, 5.41) is 0.676. The number of aldehydes is 1. The van der Waals surface area contributed by atoms with Crippen LogP contribution < -0.4 is 10.3 Å². The predicted molar refractivity (Wildman–Crippen MR) is 80.7 cm³/mol. The summed E-state index contributed by atoms with van der Waals surface area (Å²) >= 11 is 0. The molecule has 1 N–H and O–H groups in total. The van der Waals surface area contributed by atoms with Crippen LogP contribution in [0, 0.1) is 0 Å². The molecule has 0 saturated heterocycles. The van der Waals surface area contributed by atoms with Crippen LogP contribution in [0.15, 0.2) is 59.4 Å². The number of ether oxygens (including phenoxy) is 1. The van der Waals surface area contributed by atoms with Gasteiger partial charge in [0.05, 0.1) is 5.52 Å². The molecule has 0 fully saturated rings. The first-order valence-electron chi connectivity index (χ1n) is 6.56. The minimum Gasteiger partial charge on any atom is -0.487 e. The summed E-state index contributed by atoms with van der Waals surface area (Å²) in [6.45, 7) is 0.396. The Morgan fingerprint density at radius 1 is 1.00 bits per heavy atom. The van der Waals surface area contributed by atoms with Crippen LogP contribution in [0.3, 0.4) is 0 Å². The van der Waals surface area contributed by atoms with Crippen molar-refractivity contribution in [1.29, 1.82) is 0 Å².